The van der Waals surface area contributed by atoms with Gasteiger partial charge in [0.1, 0.15) is 12.9 Å². The van der Waals surface area contributed by atoms with E-state index in [1.165, 1.54) is 12.1 Å². The van der Waals surface area contributed by atoms with Gasteiger partial charge in [-0.25, -0.2) is 4.79 Å². The van der Waals surface area contributed by atoms with Gasteiger partial charge in [-0.2, -0.15) is 0 Å². The molecule has 1 aromatic heterocycles. The number of amides is 1. The van der Waals surface area contributed by atoms with Crippen molar-refractivity contribution in [3.63, 3.8) is 0 Å². The fourth-order valence-corrected chi connectivity index (χ4v) is 1.52. The molecular weight excluding hydrogens is 258 g/mol. The number of carbonyl (C=O) groups is 1. The fraction of sp³-hybridized carbons (Fsp3) is 0.0667. The maximum absolute atomic E-state index is 12.0. The van der Waals surface area contributed by atoms with E-state index in [0.29, 0.717) is 11.3 Å². The van der Waals surface area contributed by atoms with Gasteiger partial charge in [0.15, 0.2) is 0 Å². The molecule has 20 heavy (non-hydrogen) atoms. The number of anilines is 1. The van der Waals surface area contributed by atoms with Gasteiger partial charge in [-0.05, 0) is 18.2 Å². The summed E-state index contributed by atoms with van der Waals surface area (Å²) in [5.74, 6) is 4.85. The summed E-state index contributed by atoms with van der Waals surface area (Å²) in [6, 6.07) is 9.50. The third kappa shape index (κ3) is 3.34. The van der Waals surface area contributed by atoms with E-state index in [1.54, 1.807) is 24.3 Å². The number of aliphatic hydroxyl groups excluding tert-OH is 1. The summed E-state index contributed by atoms with van der Waals surface area (Å²) < 4.78 is 4.63. The van der Waals surface area contributed by atoms with Crippen molar-refractivity contribution < 1.29 is 14.3 Å². The van der Waals surface area contributed by atoms with Crippen LogP contribution < -0.4 is 10.9 Å². The average Bonchev–Trinajstić information content (AvgIpc) is 2.47. The molecule has 2 N–H and O–H groups in total. The van der Waals surface area contributed by atoms with Crippen LogP contribution in [0, 0.1) is 11.8 Å². The second-order valence-electron chi connectivity index (χ2n) is 3.80. The van der Waals surface area contributed by atoms with Crippen molar-refractivity contribution in [2.75, 3.05) is 11.9 Å². The minimum atomic E-state index is -0.518. The maximum atomic E-state index is 12.0. The molecule has 0 fully saturated rings. The Bertz CT molecular complexity index is 717. The summed E-state index contributed by atoms with van der Waals surface area (Å²) in [4.78, 5) is 22.8. The molecule has 0 saturated carbocycles. The Morgan fingerprint density at radius 3 is 2.75 bits per heavy atom. The zero-order valence-corrected chi connectivity index (χ0v) is 10.4. The fourth-order valence-electron chi connectivity index (χ4n) is 1.52. The molecule has 0 bridgehead atoms. The van der Waals surface area contributed by atoms with Gasteiger partial charge in [-0.3, -0.25) is 4.79 Å². The summed E-state index contributed by atoms with van der Waals surface area (Å²) in [7, 11) is 0. The Balaban J connectivity index is 2.23. The van der Waals surface area contributed by atoms with E-state index >= 15 is 0 Å². The minimum absolute atomic E-state index is 0.231. The number of hydrogen-bond donors (Lipinski definition) is 2. The standard InChI is InChI=1S/C15H11NO4/c17-9-3-5-11-4-1-2-6-13(11)16-15(19)12-7-8-14(18)20-10-12/h1-2,4,6-8,10,17H,9H2,(H,16,19). The molecule has 1 heterocycles. The van der Waals surface area contributed by atoms with Crippen LogP contribution in [0.5, 0.6) is 0 Å². The third-order valence-electron chi connectivity index (χ3n) is 2.44. The van der Waals surface area contributed by atoms with Crippen molar-refractivity contribution >= 4 is 11.6 Å². The van der Waals surface area contributed by atoms with Gasteiger partial charge in [0.25, 0.3) is 5.91 Å². The summed E-state index contributed by atoms with van der Waals surface area (Å²) >= 11 is 0. The van der Waals surface area contributed by atoms with Crippen LogP contribution in [-0.2, 0) is 0 Å². The summed E-state index contributed by atoms with van der Waals surface area (Å²) in [6.45, 7) is -0.258. The van der Waals surface area contributed by atoms with E-state index in [9.17, 15) is 9.59 Å². The van der Waals surface area contributed by atoms with E-state index in [1.807, 2.05) is 0 Å². The van der Waals surface area contributed by atoms with Crippen molar-refractivity contribution in [1.29, 1.82) is 0 Å². The van der Waals surface area contributed by atoms with Crippen LogP contribution in [0.3, 0.4) is 0 Å². The summed E-state index contributed by atoms with van der Waals surface area (Å²) in [6.07, 6.45) is 1.10. The lowest BCUT2D eigenvalue weighted by Gasteiger charge is -2.06. The lowest BCUT2D eigenvalue weighted by molar-refractivity contribution is 0.102. The highest BCUT2D eigenvalue weighted by molar-refractivity contribution is 6.04. The Labute approximate surface area is 114 Å². The molecule has 2 aromatic rings. The van der Waals surface area contributed by atoms with Crippen molar-refractivity contribution in [3.8, 4) is 11.8 Å². The summed E-state index contributed by atoms with van der Waals surface area (Å²) in [5.41, 5.74) is 0.821. The molecule has 0 saturated heterocycles. The number of aliphatic hydroxyl groups is 1. The quantitative estimate of drug-likeness (QED) is 0.804. The van der Waals surface area contributed by atoms with Crippen molar-refractivity contribution in [2.45, 2.75) is 0 Å². The average molecular weight is 269 g/mol. The second-order valence-corrected chi connectivity index (χ2v) is 3.80. The Morgan fingerprint density at radius 1 is 1.25 bits per heavy atom. The van der Waals surface area contributed by atoms with Gasteiger partial charge in [0.2, 0.25) is 0 Å². The number of nitrogens with one attached hydrogen (secondary N) is 1. The highest BCUT2D eigenvalue weighted by Crippen LogP contribution is 2.14. The van der Waals surface area contributed by atoms with Crippen molar-refractivity contribution in [1.82, 2.24) is 0 Å². The number of carbonyl (C=O) groups excluding carboxylic acids is 1. The van der Waals surface area contributed by atoms with E-state index < -0.39 is 11.5 Å². The lowest BCUT2D eigenvalue weighted by atomic mass is 10.1. The van der Waals surface area contributed by atoms with E-state index in [2.05, 4.69) is 21.6 Å². The molecule has 5 nitrogen and oxygen atoms in total. The second kappa shape index (κ2) is 6.36. The zero-order valence-electron chi connectivity index (χ0n) is 10.4. The SMILES string of the molecule is O=C(Nc1ccccc1C#CCO)c1ccc(=O)oc1. The molecule has 0 aliphatic rings. The van der Waals surface area contributed by atoms with E-state index in [-0.39, 0.29) is 12.2 Å². The van der Waals surface area contributed by atoms with Crippen molar-refractivity contribution in [2.24, 2.45) is 0 Å². The van der Waals surface area contributed by atoms with Crippen LogP contribution in [0.4, 0.5) is 5.69 Å². The first-order valence-corrected chi connectivity index (χ1v) is 5.79. The van der Waals surface area contributed by atoms with Crippen LogP contribution in [0.25, 0.3) is 0 Å². The smallest absolute Gasteiger partial charge is 0.335 e. The number of hydrogen-bond acceptors (Lipinski definition) is 4. The monoisotopic (exact) mass is 269 g/mol. The molecule has 0 atom stereocenters. The predicted molar refractivity (Wildman–Crippen MR) is 73.3 cm³/mol. The molecule has 0 radical (unpaired) electrons. The van der Waals surface area contributed by atoms with Gasteiger partial charge in [-0.15, -0.1) is 0 Å². The highest BCUT2D eigenvalue weighted by Gasteiger charge is 2.08. The largest absolute Gasteiger partial charge is 0.430 e. The minimum Gasteiger partial charge on any atom is -0.430 e. The van der Waals surface area contributed by atoms with Crippen LogP contribution in [0.1, 0.15) is 15.9 Å². The Hall–Kier alpha value is -2.84. The molecule has 1 aromatic carbocycles. The normalized spacial score (nSPS) is 9.45. The lowest BCUT2D eigenvalue weighted by Crippen LogP contribution is -2.13. The number of para-hydroxylation sites is 1. The van der Waals surface area contributed by atoms with Crippen LogP contribution in [-0.4, -0.2) is 17.6 Å². The maximum Gasteiger partial charge on any atom is 0.335 e. The molecule has 100 valence electrons. The summed E-state index contributed by atoms with van der Waals surface area (Å²) in [5, 5.41) is 11.4. The molecule has 0 unspecified atom stereocenters. The van der Waals surface area contributed by atoms with Gasteiger partial charge in [-0.1, -0.05) is 24.0 Å². The van der Waals surface area contributed by atoms with Crippen LogP contribution in [0.2, 0.25) is 0 Å². The molecule has 1 amide bonds. The molecule has 0 aliphatic carbocycles. The molecule has 0 aliphatic heterocycles. The highest BCUT2D eigenvalue weighted by atomic mass is 16.4. The van der Waals surface area contributed by atoms with Gasteiger partial charge >= 0.3 is 5.63 Å². The molecule has 0 spiro atoms. The number of rotatable bonds is 2. The van der Waals surface area contributed by atoms with Crippen molar-refractivity contribution in [3.05, 3.63) is 64.2 Å². The molecule has 5 heteroatoms. The predicted octanol–water partition coefficient (Wildman–Crippen LogP) is 1.24. The van der Waals surface area contributed by atoms with Gasteiger partial charge < -0.3 is 14.8 Å². The van der Waals surface area contributed by atoms with Crippen LogP contribution in [0.15, 0.2) is 51.9 Å². The van der Waals surface area contributed by atoms with Gasteiger partial charge in [0.05, 0.1) is 11.3 Å². The first kappa shape index (κ1) is 13.6. The first-order valence-electron chi connectivity index (χ1n) is 5.79. The zero-order chi connectivity index (χ0) is 14.4. The Kier molecular flexibility index (Phi) is 4.32. The van der Waals surface area contributed by atoms with Crippen LogP contribution >= 0.6 is 0 Å². The first-order chi connectivity index (χ1) is 9.70. The topological polar surface area (TPSA) is 79.5 Å². The third-order valence-corrected chi connectivity index (χ3v) is 2.44. The van der Waals surface area contributed by atoms with E-state index in [4.69, 9.17) is 5.11 Å². The Morgan fingerprint density at radius 2 is 2.05 bits per heavy atom. The van der Waals surface area contributed by atoms with Gasteiger partial charge in [0, 0.05) is 11.6 Å². The molecular formula is C15H11NO4. The molecule has 2 rings (SSSR count). The number of benzene rings is 1. The van der Waals surface area contributed by atoms with E-state index in [0.717, 1.165) is 6.26 Å².